The zero-order valence-electron chi connectivity index (χ0n) is 9.68. The van der Waals surface area contributed by atoms with Crippen molar-refractivity contribution in [2.75, 3.05) is 0 Å². The van der Waals surface area contributed by atoms with E-state index < -0.39 is 0 Å². The van der Waals surface area contributed by atoms with E-state index in [2.05, 4.69) is 39.0 Å². The molecule has 2 aromatic rings. The van der Waals surface area contributed by atoms with Crippen LogP contribution in [-0.2, 0) is 6.42 Å². The number of aromatic nitrogens is 3. The molecule has 5 heteroatoms. The van der Waals surface area contributed by atoms with Gasteiger partial charge < -0.3 is 5.73 Å². The van der Waals surface area contributed by atoms with E-state index in [1.54, 1.807) is 11.0 Å². The molecule has 0 spiro atoms. The van der Waals surface area contributed by atoms with E-state index in [4.69, 9.17) is 5.73 Å². The van der Waals surface area contributed by atoms with E-state index in [9.17, 15) is 0 Å². The third kappa shape index (κ3) is 2.92. The highest BCUT2D eigenvalue weighted by molar-refractivity contribution is 9.10. The summed E-state index contributed by atoms with van der Waals surface area (Å²) in [6, 6.07) is 6.28. The summed E-state index contributed by atoms with van der Waals surface area (Å²) in [5.41, 5.74) is 8.23. The fourth-order valence-corrected chi connectivity index (χ4v) is 2.11. The summed E-state index contributed by atoms with van der Waals surface area (Å²) in [6.45, 7) is 2.10. The Kier molecular flexibility index (Phi) is 3.91. The topological polar surface area (TPSA) is 56.7 Å². The molecule has 90 valence electrons. The Morgan fingerprint density at radius 2 is 2.29 bits per heavy atom. The molecular formula is C12H15BrN4. The molecule has 0 bridgehead atoms. The van der Waals surface area contributed by atoms with E-state index in [0.717, 1.165) is 23.0 Å². The molecule has 17 heavy (non-hydrogen) atoms. The van der Waals surface area contributed by atoms with Crippen LogP contribution in [0, 0.1) is 0 Å². The Labute approximate surface area is 109 Å². The minimum absolute atomic E-state index is 0.173. The fourth-order valence-electron chi connectivity index (χ4n) is 1.70. The van der Waals surface area contributed by atoms with Crippen molar-refractivity contribution in [1.29, 1.82) is 0 Å². The maximum absolute atomic E-state index is 6.02. The minimum atomic E-state index is 0.173. The molecule has 4 nitrogen and oxygen atoms in total. The number of rotatable bonds is 4. The van der Waals surface area contributed by atoms with Gasteiger partial charge in [-0.2, -0.15) is 5.10 Å². The summed E-state index contributed by atoms with van der Waals surface area (Å²) in [5, 5.41) is 4.16. The second kappa shape index (κ2) is 5.42. The average molecular weight is 295 g/mol. The minimum Gasteiger partial charge on any atom is -0.327 e. The molecule has 0 radical (unpaired) electrons. The highest BCUT2D eigenvalue weighted by Crippen LogP contribution is 2.21. The van der Waals surface area contributed by atoms with Crippen molar-refractivity contribution in [2.45, 2.75) is 25.8 Å². The molecule has 1 atom stereocenters. The smallest absolute Gasteiger partial charge is 0.138 e. The first-order chi connectivity index (χ1) is 8.20. The second-order valence-electron chi connectivity index (χ2n) is 3.99. The van der Waals surface area contributed by atoms with Crippen LogP contribution in [0.5, 0.6) is 0 Å². The van der Waals surface area contributed by atoms with Crippen LogP contribution in [0.2, 0.25) is 0 Å². The summed E-state index contributed by atoms with van der Waals surface area (Å²) in [6.07, 6.45) is 5.03. The summed E-state index contributed by atoms with van der Waals surface area (Å²) in [4.78, 5) is 3.97. The molecule has 1 unspecified atom stereocenters. The van der Waals surface area contributed by atoms with Gasteiger partial charge in [0.25, 0.3) is 0 Å². The van der Waals surface area contributed by atoms with Crippen LogP contribution in [-0.4, -0.2) is 20.8 Å². The average Bonchev–Trinajstić information content (AvgIpc) is 2.82. The van der Waals surface area contributed by atoms with Crippen LogP contribution in [0.4, 0.5) is 0 Å². The SMILES string of the molecule is CCC(N)Cc1cc(Br)ccc1-n1cncn1. The quantitative estimate of drug-likeness (QED) is 0.941. The lowest BCUT2D eigenvalue weighted by atomic mass is 10.0. The third-order valence-corrected chi connectivity index (χ3v) is 3.21. The standard InChI is InChI=1S/C12H15BrN4/c1-2-11(14)6-9-5-10(13)3-4-12(9)17-8-15-7-16-17/h3-5,7-8,11H,2,6,14H2,1H3. The predicted molar refractivity (Wildman–Crippen MR) is 71.0 cm³/mol. The van der Waals surface area contributed by atoms with Crippen LogP contribution in [0.3, 0.4) is 0 Å². The number of halogens is 1. The molecular weight excluding hydrogens is 280 g/mol. The molecule has 1 aromatic carbocycles. The van der Waals surface area contributed by atoms with Crippen molar-refractivity contribution >= 4 is 15.9 Å². The Balaban J connectivity index is 2.38. The van der Waals surface area contributed by atoms with Gasteiger partial charge in [0.1, 0.15) is 12.7 Å². The first kappa shape index (κ1) is 12.3. The number of hydrogen-bond acceptors (Lipinski definition) is 3. The van der Waals surface area contributed by atoms with Gasteiger partial charge >= 0.3 is 0 Å². The lowest BCUT2D eigenvalue weighted by Crippen LogP contribution is -2.22. The van der Waals surface area contributed by atoms with Crippen molar-refractivity contribution < 1.29 is 0 Å². The van der Waals surface area contributed by atoms with Crippen LogP contribution in [0.1, 0.15) is 18.9 Å². The number of benzene rings is 1. The Hall–Kier alpha value is -1.20. The first-order valence-corrected chi connectivity index (χ1v) is 6.39. The molecule has 1 aromatic heterocycles. The van der Waals surface area contributed by atoms with Crippen LogP contribution in [0.15, 0.2) is 35.3 Å². The summed E-state index contributed by atoms with van der Waals surface area (Å²) < 4.78 is 2.82. The van der Waals surface area contributed by atoms with Gasteiger partial charge in [0.2, 0.25) is 0 Å². The fraction of sp³-hybridized carbons (Fsp3) is 0.333. The van der Waals surface area contributed by atoms with Gasteiger partial charge in [0, 0.05) is 10.5 Å². The summed E-state index contributed by atoms with van der Waals surface area (Å²) >= 11 is 3.49. The summed E-state index contributed by atoms with van der Waals surface area (Å²) in [7, 11) is 0. The van der Waals surface area contributed by atoms with Crippen molar-refractivity contribution in [3.05, 3.63) is 40.9 Å². The molecule has 0 aliphatic rings. The third-order valence-electron chi connectivity index (χ3n) is 2.71. The molecule has 0 aliphatic heterocycles. The lowest BCUT2D eigenvalue weighted by Gasteiger charge is -2.13. The molecule has 2 N–H and O–H groups in total. The van der Waals surface area contributed by atoms with Gasteiger partial charge in [0.15, 0.2) is 0 Å². The highest BCUT2D eigenvalue weighted by Gasteiger charge is 2.09. The van der Waals surface area contributed by atoms with E-state index in [1.807, 2.05) is 12.1 Å². The maximum Gasteiger partial charge on any atom is 0.138 e. The largest absolute Gasteiger partial charge is 0.327 e. The van der Waals surface area contributed by atoms with Crippen LogP contribution in [0.25, 0.3) is 5.69 Å². The highest BCUT2D eigenvalue weighted by atomic mass is 79.9. The zero-order chi connectivity index (χ0) is 12.3. The molecule has 1 heterocycles. The number of nitrogens with zero attached hydrogens (tertiary/aromatic N) is 3. The van der Waals surface area contributed by atoms with E-state index >= 15 is 0 Å². The van der Waals surface area contributed by atoms with Gasteiger partial charge in [-0.1, -0.05) is 22.9 Å². The molecule has 2 rings (SSSR count). The van der Waals surface area contributed by atoms with E-state index in [0.29, 0.717) is 0 Å². The van der Waals surface area contributed by atoms with E-state index in [-0.39, 0.29) is 6.04 Å². The number of nitrogens with two attached hydrogens (primary N) is 1. The van der Waals surface area contributed by atoms with Crippen molar-refractivity contribution in [3.63, 3.8) is 0 Å². The monoisotopic (exact) mass is 294 g/mol. The van der Waals surface area contributed by atoms with Gasteiger partial charge in [-0.25, -0.2) is 9.67 Å². The molecule has 0 aliphatic carbocycles. The van der Waals surface area contributed by atoms with E-state index in [1.165, 1.54) is 11.9 Å². The van der Waals surface area contributed by atoms with Crippen LogP contribution < -0.4 is 5.73 Å². The zero-order valence-corrected chi connectivity index (χ0v) is 11.3. The number of hydrogen-bond donors (Lipinski definition) is 1. The predicted octanol–water partition coefficient (Wildman–Crippen LogP) is 2.31. The molecule has 0 saturated heterocycles. The molecule has 0 saturated carbocycles. The normalized spacial score (nSPS) is 12.6. The van der Waals surface area contributed by atoms with Gasteiger partial charge in [-0.05, 0) is 36.6 Å². The van der Waals surface area contributed by atoms with Crippen molar-refractivity contribution in [1.82, 2.24) is 14.8 Å². The molecule has 0 fully saturated rings. The van der Waals surface area contributed by atoms with Gasteiger partial charge in [-0.15, -0.1) is 0 Å². The van der Waals surface area contributed by atoms with Gasteiger partial charge in [-0.3, -0.25) is 0 Å². The van der Waals surface area contributed by atoms with Crippen molar-refractivity contribution in [2.24, 2.45) is 5.73 Å². The maximum atomic E-state index is 6.02. The molecule has 0 amide bonds. The lowest BCUT2D eigenvalue weighted by molar-refractivity contribution is 0.642. The van der Waals surface area contributed by atoms with Crippen LogP contribution >= 0.6 is 15.9 Å². The Morgan fingerprint density at radius 3 is 2.94 bits per heavy atom. The first-order valence-electron chi connectivity index (χ1n) is 5.59. The summed E-state index contributed by atoms with van der Waals surface area (Å²) in [5.74, 6) is 0. The Morgan fingerprint density at radius 1 is 1.47 bits per heavy atom. The van der Waals surface area contributed by atoms with Gasteiger partial charge in [0.05, 0.1) is 5.69 Å². The Bertz CT molecular complexity index is 481. The second-order valence-corrected chi connectivity index (χ2v) is 4.90. The van der Waals surface area contributed by atoms with Crippen molar-refractivity contribution in [3.8, 4) is 5.69 Å².